The number of nitrogens with zero attached hydrogens (tertiary/aromatic N) is 2. The largest absolute Gasteiger partial charge is 0.444 e. The molecule has 0 aromatic carbocycles. The average molecular weight is 426 g/mol. The molecule has 0 radical (unpaired) electrons. The minimum absolute atomic E-state index is 0.130. The second-order valence-corrected chi connectivity index (χ2v) is 9.40. The van der Waals surface area contributed by atoms with Crippen molar-refractivity contribution in [3.63, 3.8) is 0 Å². The second kappa shape index (κ2) is 9.85. The van der Waals surface area contributed by atoms with E-state index in [2.05, 4.69) is 20.9 Å². The van der Waals surface area contributed by atoms with E-state index in [9.17, 15) is 9.59 Å². The maximum atomic E-state index is 12.8. The maximum Gasteiger partial charge on any atom is 0.412 e. The summed E-state index contributed by atoms with van der Waals surface area (Å²) in [5.41, 5.74) is -1.37. The highest BCUT2D eigenvalue weighted by atomic mass is 16.6. The highest BCUT2D eigenvalue weighted by Crippen LogP contribution is 2.33. The molecule has 2 aliphatic rings. The van der Waals surface area contributed by atoms with Gasteiger partial charge in [0.05, 0.1) is 18.7 Å². The number of hydrogen-bond acceptors (Lipinski definition) is 5. The molecule has 0 aromatic heterocycles. The Morgan fingerprint density at radius 2 is 1.80 bits per heavy atom. The zero-order valence-electron chi connectivity index (χ0n) is 19.5. The first-order valence-electron chi connectivity index (χ1n) is 10.9. The first-order valence-corrected chi connectivity index (χ1v) is 10.9. The smallest absolute Gasteiger partial charge is 0.412 e. The van der Waals surface area contributed by atoms with Gasteiger partial charge in [0, 0.05) is 25.6 Å². The van der Waals surface area contributed by atoms with Crippen LogP contribution in [-0.4, -0.2) is 72.5 Å². The minimum atomic E-state index is -0.777. The zero-order valence-corrected chi connectivity index (χ0v) is 19.5. The Hall–Kier alpha value is -2.03. The predicted molar refractivity (Wildman–Crippen MR) is 116 cm³/mol. The highest BCUT2D eigenvalue weighted by molar-refractivity contribution is 5.81. The standard InChI is InChI=1S/C21H39N5O4/c1-8-22-18(24-12-11-23-17(27)15-9-10-15)25-13-16-14(2)29-21(6,7)26(16)19(28)30-20(3,4)5/h14-16H,8-13H2,1-7H3,(H,23,27)(H2,22,24,25). The summed E-state index contributed by atoms with van der Waals surface area (Å²) in [6, 6.07) is -0.250. The quantitative estimate of drug-likeness (QED) is 0.327. The van der Waals surface area contributed by atoms with Crippen molar-refractivity contribution in [2.24, 2.45) is 10.9 Å². The van der Waals surface area contributed by atoms with Crippen molar-refractivity contribution < 1.29 is 19.1 Å². The van der Waals surface area contributed by atoms with E-state index in [0.29, 0.717) is 32.1 Å². The summed E-state index contributed by atoms with van der Waals surface area (Å²) in [6.45, 7) is 15.4. The van der Waals surface area contributed by atoms with E-state index in [4.69, 9.17) is 9.47 Å². The monoisotopic (exact) mass is 425 g/mol. The number of rotatable bonds is 7. The molecular formula is C21H39N5O4. The van der Waals surface area contributed by atoms with E-state index in [1.165, 1.54) is 0 Å². The number of hydrogen-bond donors (Lipinski definition) is 3. The van der Waals surface area contributed by atoms with Crippen molar-refractivity contribution in [3.8, 4) is 0 Å². The van der Waals surface area contributed by atoms with Crippen LogP contribution in [0.5, 0.6) is 0 Å². The summed E-state index contributed by atoms with van der Waals surface area (Å²) in [6.07, 6.45) is 1.40. The molecule has 1 aliphatic carbocycles. The molecule has 1 saturated carbocycles. The lowest BCUT2D eigenvalue weighted by Gasteiger charge is -2.34. The Morgan fingerprint density at radius 1 is 1.17 bits per heavy atom. The van der Waals surface area contributed by atoms with E-state index >= 15 is 0 Å². The maximum absolute atomic E-state index is 12.8. The molecule has 9 nitrogen and oxygen atoms in total. The Kier molecular flexibility index (Phi) is 7.96. The number of carbonyl (C=O) groups excluding carboxylic acids is 2. The van der Waals surface area contributed by atoms with Crippen LogP contribution >= 0.6 is 0 Å². The molecule has 1 aliphatic heterocycles. The van der Waals surface area contributed by atoms with Crippen LogP contribution in [0.15, 0.2) is 4.99 Å². The topological polar surface area (TPSA) is 104 Å². The zero-order chi connectivity index (χ0) is 22.5. The number of amides is 2. The first kappa shape index (κ1) is 24.2. The fraction of sp³-hybridized carbons (Fsp3) is 0.857. The Balaban J connectivity index is 1.97. The van der Waals surface area contributed by atoms with Gasteiger partial charge in [-0.1, -0.05) is 0 Å². The molecule has 30 heavy (non-hydrogen) atoms. The van der Waals surface area contributed by atoms with Crippen LogP contribution in [0.3, 0.4) is 0 Å². The number of aliphatic imine (C=N–C) groups is 1. The van der Waals surface area contributed by atoms with Gasteiger partial charge < -0.3 is 25.4 Å². The molecular weight excluding hydrogens is 386 g/mol. The molecule has 3 N–H and O–H groups in total. The van der Waals surface area contributed by atoms with Gasteiger partial charge in [-0.3, -0.25) is 14.7 Å². The van der Waals surface area contributed by atoms with Crippen LogP contribution in [0.1, 0.15) is 61.3 Å². The molecule has 2 rings (SSSR count). The predicted octanol–water partition coefficient (Wildman–Crippen LogP) is 1.83. The number of nitrogens with one attached hydrogen (secondary N) is 3. The van der Waals surface area contributed by atoms with Crippen LogP contribution in [0.25, 0.3) is 0 Å². The summed E-state index contributed by atoms with van der Waals surface area (Å²) in [7, 11) is 0. The number of ether oxygens (including phenoxy) is 2. The van der Waals surface area contributed by atoms with Gasteiger partial charge in [0.25, 0.3) is 0 Å². The molecule has 9 heteroatoms. The number of guanidine groups is 1. The van der Waals surface area contributed by atoms with Gasteiger partial charge in [-0.05, 0) is 61.3 Å². The molecule has 0 spiro atoms. The van der Waals surface area contributed by atoms with Crippen LogP contribution in [0.4, 0.5) is 4.79 Å². The van der Waals surface area contributed by atoms with Crippen molar-refractivity contribution in [3.05, 3.63) is 0 Å². The fourth-order valence-corrected chi connectivity index (χ4v) is 3.48. The summed E-state index contributed by atoms with van der Waals surface area (Å²) >= 11 is 0. The average Bonchev–Trinajstić information content (AvgIpc) is 3.40. The lowest BCUT2D eigenvalue weighted by molar-refractivity contribution is -0.122. The van der Waals surface area contributed by atoms with Crippen molar-refractivity contribution in [1.29, 1.82) is 0 Å². The lowest BCUT2D eigenvalue weighted by atomic mass is 10.1. The summed E-state index contributed by atoms with van der Waals surface area (Å²) < 4.78 is 11.6. The Labute approximate surface area is 180 Å². The molecule has 1 saturated heterocycles. The third-order valence-corrected chi connectivity index (χ3v) is 4.96. The summed E-state index contributed by atoms with van der Waals surface area (Å²) in [5, 5.41) is 9.35. The van der Waals surface area contributed by atoms with Gasteiger partial charge in [-0.15, -0.1) is 0 Å². The van der Waals surface area contributed by atoms with Gasteiger partial charge in [0.2, 0.25) is 5.91 Å². The van der Waals surface area contributed by atoms with Gasteiger partial charge in [0.1, 0.15) is 11.3 Å². The first-order chi connectivity index (χ1) is 13.9. The molecule has 2 unspecified atom stereocenters. The highest BCUT2D eigenvalue weighted by Gasteiger charge is 2.49. The molecule has 2 atom stereocenters. The SMILES string of the molecule is CCNC(=NCC1C(C)OC(C)(C)N1C(=O)OC(C)(C)C)NCCNC(=O)C1CC1. The van der Waals surface area contributed by atoms with Crippen molar-refractivity contribution in [1.82, 2.24) is 20.9 Å². The van der Waals surface area contributed by atoms with E-state index in [1.54, 1.807) is 4.90 Å². The lowest BCUT2D eigenvalue weighted by Crippen LogP contribution is -2.51. The Bertz CT molecular complexity index is 640. The van der Waals surface area contributed by atoms with Gasteiger partial charge in [0.15, 0.2) is 5.96 Å². The third-order valence-electron chi connectivity index (χ3n) is 4.96. The molecule has 0 aromatic rings. The van der Waals surface area contributed by atoms with E-state index < -0.39 is 17.4 Å². The summed E-state index contributed by atoms with van der Waals surface area (Å²) in [5.74, 6) is 0.975. The van der Waals surface area contributed by atoms with Crippen LogP contribution in [0.2, 0.25) is 0 Å². The third kappa shape index (κ3) is 7.04. The van der Waals surface area contributed by atoms with Crippen molar-refractivity contribution in [2.75, 3.05) is 26.2 Å². The van der Waals surface area contributed by atoms with Crippen LogP contribution in [-0.2, 0) is 14.3 Å². The molecule has 2 amide bonds. The molecule has 172 valence electrons. The fourth-order valence-electron chi connectivity index (χ4n) is 3.48. The molecule has 2 fully saturated rings. The Morgan fingerprint density at radius 3 is 2.37 bits per heavy atom. The van der Waals surface area contributed by atoms with Crippen LogP contribution in [0, 0.1) is 5.92 Å². The molecule has 1 heterocycles. The van der Waals surface area contributed by atoms with Gasteiger partial charge in [-0.2, -0.15) is 0 Å². The van der Waals surface area contributed by atoms with Crippen molar-refractivity contribution in [2.45, 2.75) is 84.8 Å². The van der Waals surface area contributed by atoms with E-state index in [-0.39, 0.29) is 24.0 Å². The summed E-state index contributed by atoms with van der Waals surface area (Å²) in [4.78, 5) is 30.9. The van der Waals surface area contributed by atoms with Crippen LogP contribution < -0.4 is 16.0 Å². The normalized spacial score (nSPS) is 23.8. The van der Waals surface area contributed by atoms with Gasteiger partial charge >= 0.3 is 6.09 Å². The van der Waals surface area contributed by atoms with E-state index in [0.717, 1.165) is 12.8 Å². The molecule has 0 bridgehead atoms. The van der Waals surface area contributed by atoms with Gasteiger partial charge in [-0.25, -0.2) is 4.79 Å². The minimum Gasteiger partial charge on any atom is -0.444 e. The van der Waals surface area contributed by atoms with E-state index in [1.807, 2.05) is 48.5 Å². The second-order valence-electron chi connectivity index (χ2n) is 9.40. The number of carbonyl (C=O) groups is 2. The van der Waals surface area contributed by atoms with Crippen molar-refractivity contribution >= 4 is 18.0 Å².